The van der Waals surface area contributed by atoms with Gasteiger partial charge in [-0.05, 0) is 61.0 Å². The van der Waals surface area contributed by atoms with E-state index in [1.54, 1.807) is 24.5 Å². The zero-order valence-corrected chi connectivity index (χ0v) is 14.1. The van der Waals surface area contributed by atoms with E-state index in [0.717, 1.165) is 29.1 Å². The van der Waals surface area contributed by atoms with Crippen molar-refractivity contribution < 1.29 is 4.39 Å². The summed E-state index contributed by atoms with van der Waals surface area (Å²) < 4.78 is 13.1. The Morgan fingerprint density at radius 2 is 1.88 bits per heavy atom. The molecule has 2 aromatic heterocycles. The molecule has 124 valence electrons. The molecule has 6 heteroatoms. The number of nitrogens with zero attached hydrogens (tertiary/aromatic N) is 2. The van der Waals surface area contributed by atoms with Gasteiger partial charge in [-0.1, -0.05) is 11.3 Å². The highest BCUT2D eigenvalue weighted by Crippen LogP contribution is 2.24. The van der Waals surface area contributed by atoms with Crippen molar-refractivity contribution in [2.45, 2.75) is 13.0 Å². The first-order chi connectivity index (χ1) is 11.6. The first-order valence-electron chi connectivity index (χ1n) is 7.67. The normalized spacial score (nSPS) is 11.1. The van der Waals surface area contributed by atoms with Crippen LogP contribution in [0.25, 0.3) is 11.3 Å². The molecule has 0 atom stereocenters. The third-order valence-electron chi connectivity index (χ3n) is 3.80. The van der Waals surface area contributed by atoms with Crippen LogP contribution in [0.4, 0.5) is 4.39 Å². The van der Waals surface area contributed by atoms with Gasteiger partial charge in [0.2, 0.25) is 0 Å². The summed E-state index contributed by atoms with van der Waals surface area (Å²) >= 11 is 1.21. The largest absolute Gasteiger partial charge is 0.312 e. The number of aromatic amines is 1. The average Bonchev–Trinajstić information content (AvgIpc) is 2.95. The minimum absolute atomic E-state index is 0.0909. The topological polar surface area (TPSA) is 49.0 Å². The molecule has 0 bridgehead atoms. The summed E-state index contributed by atoms with van der Waals surface area (Å²) in [7, 11) is 2.03. The molecule has 2 heterocycles. The van der Waals surface area contributed by atoms with Crippen LogP contribution < -0.4 is 4.87 Å². The Kier molecular flexibility index (Phi) is 5.17. The number of hydrogen-bond donors (Lipinski definition) is 1. The first-order valence-corrected chi connectivity index (χ1v) is 8.49. The van der Waals surface area contributed by atoms with E-state index in [-0.39, 0.29) is 10.7 Å². The Bertz CT molecular complexity index is 843. The number of benzene rings is 1. The molecule has 24 heavy (non-hydrogen) atoms. The molecule has 0 saturated carbocycles. The molecule has 0 aliphatic carbocycles. The van der Waals surface area contributed by atoms with Crippen molar-refractivity contribution >= 4 is 11.3 Å². The van der Waals surface area contributed by atoms with Gasteiger partial charge in [0.05, 0.1) is 5.69 Å². The van der Waals surface area contributed by atoms with E-state index >= 15 is 0 Å². The van der Waals surface area contributed by atoms with Gasteiger partial charge in [0, 0.05) is 30.4 Å². The van der Waals surface area contributed by atoms with Gasteiger partial charge >= 0.3 is 4.87 Å². The van der Waals surface area contributed by atoms with E-state index in [1.165, 1.54) is 29.0 Å². The Morgan fingerprint density at radius 3 is 2.58 bits per heavy atom. The molecule has 0 saturated heterocycles. The number of H-pyrrole nitrogens is 1. The summed E-state index contributed by atoms with van der Waals surface area (Å²) in [6.45, 7) is 1.54. The summed E-state index contributed by atoms with van der Waals surface area (Å²) in [6, 6.07) is 10.2. The lowest BCUT2D eigenvalue weighted by molar-refractivity contribution is 0.334. The molecular weight excluding hydrogens is 325 g/mol. The number of rotatable bonds is 6. The zero-order chi connectivity index (χ0) is 16.9. The summed E-state index contributed by atoms with van der Waals surface area (Å²) in [6.07, 6.45) is 4.50. The van der Waals surface area contributed by atoms with Crippen LogP contribution >= 0.6 is 11.3 Å². The van der Waals surface area contributed by atoms with E-state index in [2.05, 4.69) is 14.9 Å². The van der Waals surface area contributed by atoms with Gasteiger partial charge in [0.15, 0.2) is 0 Å². The Hall–Kier alpha value is -2.31. The number of thiazole rings is 1. The molecule has 4 nitrogen and oxygen atoms in total. The third kappa shape index (κ3) is 4.15. The van der Waals surface area contributed by atoms with Crippen molar-refractivity contribution in [3.8, 4) is 11.3 Å². The fourth-order valence-corrected chi connectivity index (χ4v) is 3.45. The van der Waals surface area contributed by atoms with E-state index in [4.69, 9.17) is 0 Å². The van der Waals surface area contributed by atoms with Gasteiger partial charge in [0.1, 0.15) is 5.82 Å². The van der Waals surface area contributed by atoms with E-state index < -0.39 is 0 Å². The second kappa shape index (κ2) is 7.51. The zero-order valence-electron chi connectivity index (χ0n) is 13.3. The lowest BCUT2D eigenvalue weighted by Crippen LogP contribution is -2.20. The van der Waals surface area contributed by atoms with Crippen LogP contribution in [0.15, 0.2) is 53.6 Å². The van der Waals surface area contributed by atoms with Gasteiger partial charge in [-0.15, -0.1) is 0 Å². The standard InChI is InChI=1S/C18H18FN3OS/c1-22(11-8-13-6-9-20-10-7-13)12-16-17(21-18(23)24-16)14-2-4-15(19)5-3-14/h2-7,9-10H,8,11-12H2,1H3,(H,21,23). The Labute approximate surface area is 143 Å². The minimum Gasteiger partial charge on any atom is -0.312 e. The van der Waals surface area contributed by atoms with Crippen LogP contribution in [-0.2, 0) is 13.0 Å². The molecule has 0 aliphatic heterocycles. The highest BCUT2D eigenvalue weighted by molar-refractivity contribution is 7.09. The van der Waals surface area contributed by atoms with Crippen LogP contribution in [0, 0.1) is 5.82 Å². The lowest BCUT2D eigenvalue weighted by Gasteiger charge is -2.16. The van der Waals surface area contributed by atoms with Crippen molar-refractivity contribution in [3.05, 3.63) is 74.7 Å². The van der Waals surface area contributed by atoms with Crippen LogP contribution in [0.1, 0.15) is 10.4 Å². The molecule has 3 aromatic rings. The molecule has 0 unspecified atom stereocenters. The van der Waals surface area contributed by atoms with Crippen molar-refractivity contribution in [3.63, 3.8) is 0 Å². The summed E-state index contributed by atoms with van der Waals surface area (Å²) in [5.74, 6) is -0.285. The summed E-state index contributed by atoms with van der Waals surface area (Å²) in [5, 5.41) is 0. The quantitative estimate of drug-likeness (QED) is 0.747. The van der Waals surface area contributed by atoms with Crippen LogP contribution in [0.2, 0.25) is 0 Å². The molecular formula is C18H18FN3OS. The lowest BCUT2D eigenvalue weighted by atomic mass is 10.1. The predicted molar refractivity (Wildman–Crippen MR) is 94.6 cm³/mol. The highest BCUT2D eigenvalue weighted by Gasteiger charge is 2.12. The molecule has 0 spiro atoms. The average molecular weight is 343 g/mol. The summed E-state index contributed by atoms with van der Waals surface area (Å²) in [5.41, 5.74) is 2.84. The third-order valence-corrected chi connectivity index (χ3v) is 4.67. The fourth-order valence-electron chi connectivity index (χ4n) is 2.51. The molecule has 3 rings (SSSR count). The van der Waals surface area contributed by atoms with Gasteiger partial charge in [-0.25, -0.2) is 4.39 Å². The second-order valence-corrected chi connectivity index (χ2v) is 6.73. The fraction of sp³-hybridized carbons (Fsp3) is 0.222. The monoisotopic (exact) mass is 343 g/mol. The van der Waals surface area contributed by atoms with Crippen LogP contribution in [-0.4, -0.2) is 28.5 Å². The van der Waals surface area contributed by atoms with Gasteiger partial charge in [-0.3, -0.25) is 9.78 Å². The number of aromatic nitrogens is 2. The molecule has 0 radical (unpaired) electrons. The van der Waals surface area contributed by atoms with Crippen LogP contribution in [0.5, 0.6) is 0 Å². The first kappa shape index (κ1) is 16.5. The smallest absolute Gasteiger partial charge is 0.305 e. The van der Waals surface area contributed by atoms with Crippen molar-refractivity contribution in [2.24, 2.45) is 0 Å². The van der Waals surface area contributed by atoms with Crippen LogP contribution in [0.3, 0.4) is 0 Å². The second-order valence-electron chi connectivity index (χ2n) is 5.66. The van der Waals surface area contributed by atoms with E-state index in [9.17, 15) is 9.18 Å². The van der Waals surface area contributed by atoms with Crippen molar-refractivity contribution in [1.29, 1.82) is 0 Å². The Balaban J connectivity index is 1.70. The molecule has 1 N–H and O–H groups in total. The van der Waals surface area contributed by atoms with E-state index in [1.807, 2.05) is 19.2 Å². The maximum absolute atomic E-state index is 13.1. The van der Waals surface area contributed by atoms with Gasteiger partial charge in [-0.2, -0.15) is 0 Å². The van der Waals surface area contributed by atoms with Crippen molar-refractivity contribution in [1.82, 2.24) is 14.9 Å². The van der Waals surface area contributed by atoms with Gasteiger partial charge < -0.3 is 9.88 Å². The summed E-state index contributed by atoms with van der Waals surface area (Å²) in [4.78, 5) is 21.7. The maximum Gasteiger partial charge on any atom is 0.305 e. The molecule has 1 aromatic carbocycles. The number of likely N-dealkylation sites (N-methyl/N-ethyl adjacent to an activating group) is 1. The molecule has 0 aliphatic rings. The van der Waals surface area contributed by atoms with Gasteiger partial charge in [0.25, 0.3) is 0 Å². The maximum atomic E-state index is 13.1. The molecule has 0 fully saturated rings. The number of hydrogen-bond acceptors (Lipinski definition) is 4. The SMILES string of the molecule is CN(CCc1ccncc1)Cc1sc(=O)[nH]c1-c1ccc(F)cc1. The van der Waals surface area contributed by atoms with Crippen molar-refractivity contribution in [2.75, 3.05) is 13.6 Å². The number of nitrogens with one attached hydrogen (secondary N) is 1. The van der Waals surface area contributed by atoms with E-state index in [0.29, 0.717) is 6.54 Å². The number of pyridine rings is 1. The minimum atomic E-state index is -0.285. The predicted octanol–water partition coefficient (Wildman–Crippen LogP) is 3.31. The molecule has 0 amide bonds. The Morgan fingerprint density at radius 1 is 1.17 bits per heavy atom. The number of halogens is 1. The highest BCUT2D eigenvalue weighted by atomic mass is 32.1.